The third-order valence-electron chi connectivity index (χ3n) is 3.74. The van der Waals surface area contributed by atoms with E-state index in [0.717, 1.165) is 18.9 Å². The first-order chi connectivity index (χ1) is 9.92. The predicted molar refractivity (Wildman–Crippen MR) is 85.8 cm³/mol. The number of hydrogen-bond donors (Lipinski definition) is 2. The monoisotopic (exact) mass is 310 g/mol. The Hall–Kier alpha value is -0.910. The third kappa shape index (κ3) is 4.80. The van der Waals surface area contributed by atoms with E-state index in [1.165, 1.54) is 18.4 Å². The summed E-state index contributed by atoms with van der Waals surface area (Å²) in [6.07, 6.45) is 3.58. The zero-order valence-electron chi connectivity index (χ0n) is 13.1. The second-order valence-electron chi connectivity index (χ2n) is 6.13. The highest BCUT2D eigenvalue weighted by Crippen LogP contribution is 2.34. The van der Waals surface area contributed by atoms with Crippen molar-refractivity contribution in [3.8, 4) is 0 Å². The molecule has 21 heavy (non-hydrogen) atoms. The van der Waals surface area contributed by atoms with Crippen LogP contribution < -0.4 is 10.0 Å². The Bertz CT molecular complexity index is 548. The van der Waals surface area contributed by atoms with E-state index in [1.54, 1.807) is 12.1 Å². The van der Waals surface area contributed by atoms with Gasteiger partial charge in [0.1, 0.15) is 0 Å². The van der Waals surface area contributed by atoms with Crippen molar-refractivity contribution >= 4 is 10.0 Å². The lowest BCUT2D eigenvalue weighted by molar-refractivity contribution is 0.472. The van der Waals surface area contributed by atoms with E-state index >= 15 is 0 Å². The molecule has 5 heteroatoms. The maximum atomic E-state index is 12.1. The number of sulfonamides is 1. The number of hydrogen-bond acceptors (Lipinski definition) is 3. The summed E-state index contributed by atoms with van der Waals surface area (Å²) in [5.74, 6) is 0.788. The molecule has 0 radical (unpaired) electrons. The first-order valence-electron chi connectivity index (χ1n) is 7.77. The van der Waals surface area contributed by atoms with Gasteiger partial charge in [0, 0.05) is 12.1 Å². The predicted octanol–water partition coefficient (Wildman–Crippen LogP) is 2.30. The van der Waals surface area contributed by atoms with Crippen LogP contribution in [0.4, 0.5) is 0 Å². The number of rotatable bonds is 8. The van der Waals surface area contributed by atoms with E-state index in [-0.39, 0.29) is 6.04 Å². The normalized spacial score (nSPS) is 17.1. The van der Waals surface area contributed by atoms with Crippen LogP contribution in [-0.2, 0) is 16.4 Å². The molecule has 0 aliphatic heterocycles. The summed E-state index contributed by atoms with van der Waals surface area (Å²) in [5.41, 5.74) is 1.19. The van der Waals surface area contributed by atoms with Gasteiger partial charge in [0.25, 0.3) is 0 Å². The molecule has 1 fully saturated rings. The molecule has 1 aromatic rings. The van der Waals surface area contributed by atoms with Gasteiger partial charge in [-0.3, -0.25) is 0 Å². The molecule has 2 N–H and O–H groups in total. The molecule has 1 saturated carbocycles. The Morgan fingerprint density at radius 1 is 1.19 bits per heavy atom. The van der Waals surface area contributed by atoms with Gasteiger partial charge in [-0.2, -0.15) is 0 Å². The minimum atomic E-state index is -3.38. The summed E-state index contributed by atoms with van der Waals surface area (Å²) >= 11 is 0. The fourth-order valence-corrected chi connectivity index (χ4v) is 3.85. The van der Waals surface area contributed by atoms with Gasteiger partial charge in [0.05, 0.1) is 4.90 Å². The second-order valence-corrected chi connectivity index (χ2v) is 7.84. The Morgan fingerprint density at radius 3 is 2.29 bits per heavy atom. The topological polar surface area (TPSA) is 58.2 Å². The highest BCUT2D eigenvalue weighted by molar-refractivity contribution is 7.89. The molecule has 0 spiro atoms. The lowest BCUT2D eigenvalue weighted by atomic mass is 10.0. The van der Waals surface area contributed by atoms with Crippen LogP contribution in [0.5, 0.6) is 0 Å². The fraction of sp³-hybridized carbons (Fsp3) is 0.625. The summed E-state index contributed by atoms with van der Waals surface area (Å²) in [4.78, 5) is 0.339. The second kappa shape index (κ2) is 6.90. The van der Waals surface area contributed by atoms with E-state index in [1.807, 2.05) is 26.0 Å². The fourth-order valence-electron chi connectivity index (χ4n) is 2.60. The van der Waals surface area contributed by atoms with Gasteiger partial charge < -0.3 is 5.32 Å². The molecule has 1 aliphatic carbocycles. The molecule has 0 bridgehead atoms. The zero-order valence-corrected chi connectivity index (χ0v) is 13.9. The lowest BCUT2D eigenvalue weighted by Crippen LogP contribution is -2.33. The SMILES string of the molecule is CCNC(Cc1ccc(S(=O)(=O)NC(C)C)cc1)C1CC1. The van der Waals surface area contributed by atoms with Gasteiger partial charge in [0.15, 0.2) is 0 Å². The van der Waals surface area contributed by atoms with E-state index < -0.39 is 10.0 Å². The van der Waals surface area contributed by atoms with Crippen LogP contribution in [0.3, 0.4) is 0 Å². The highest BCUT2D eigenvalue weighted by atomic mass is 32.2. The molecule has 1 aromatic carbocycles. The third-order valence-corrected chi connectivity index (χ3v) is 5.41. The van der Waals surface area contributed by atoms with Crippen LogP contribution in [0.15, 0.2) is 29.2 Å². The van der Waals surface area contributed by atoms with Gasteiger partial charge in [0.2, 0.25) is 10.0 Å². The molecule has 0 aromatic heterocycles. The minimum Gasteiger partial charge on any atom is -0.314 e. The van der Waals surface area contributed by atoms with Crippen molar-refractivity contribution in [3.63, 3.8) is 0 Å². The summed E-state index contributed by atoms with van der Waals surface area (Å²) in [7, 11) is -3.38. The van der Waals surface area contributed by atoms with Crippen molar-refractivity contribution in [1.82, 2.24) is 10.0 Å². The Kier molecular flexibility index (Phi) is 5.41. The average Bonchev–Trinajstić information content (AvgIpc) is 3.21. The first-order valence-corrected chi connectivity index (χ1v) is 9.25. The van der Waals surface area contributed by atoms with Crippen LogP contribution in [0.1, 0.15) is 39.2 Å². The molecular weight excluding hydrogens is 284 g/mol. The Labute approximate surface area is 128 Å². The van der Waals surface area contributed by atoms with Crippen LogP contribution >= 0.6 is 0 Å². The van der Waals surface area contributed by atoms with E-state index in [4.69, 9.17) is 0 Å². The van der Waals surface area contributed by atoms with Crippen LogP contribution in [0, 0.1) is 5.92 Å². The van der Waals surface area contributed by atoms with Gasteiger partial charge in [-0.05, 0) is 63.3 Å². The van der Waals surface area contributed by atoms with Crippen molar-refractivity contribution in [2.75, 3.05) is 6.54 Å². The molecule has 1 atom stereocenters. The molecule has 0 saturated heterocycles. The molecule has 1 unspecified atom stereocenters. The van der Waals surface area contributed by atoms with Crippen molar-refractivity contribution in [2.24, 2.45) is 5.92 Å². The Morgan fingerprint density at radius 2 is 1.81 bits per heavy atom. The lowest BCUT2D eigenvalue weighted by Gasteiger charge is -2.17. The van der Waals surface area contributed by atoms with E-state index in [9.17, 15) is 8.42 Å². The van der Waals surface area contributed by atoms with Crippen LogP contribution in [-0.4, -0.2) is 27.0 Å². The van der Waals surface area contributed by atoms with Crippen molar-refractivity contribution in [2.45, 2.75) is 57.0 Å². The molecule has 118 valence electrons. The van der Waals surface area contributed by atoms with E-state index in [2.05, 4.69) is 17.0 Å². The van der Waals surface area contributed by atoms with Gasteiger partial charge in [-0.15, -0.1) is 0 Å². The maximum absolute atomic E-state index is 12.1. The smallest absolute Gasteiger partial charge is 0.240 e. The average molecular weight is 310 g/mol. The Balaban J connectivity index is 2.04. The number of benzene rings is 1. The molecule has 1 aliphatic rings. The maximum Gasteiger partial charge on any atom is 0.240 e. The molecule has 0 amide bonds. The van der Waals surface area contributed by atoms with Crippen molar-refractivity contribution < 1.29 is 8.42 Å². The zero-order chi connectivity index (χ0) is 15.5. The van der Waals surface area contributed by atoms with Crippen molar-refractivity contribution in [3.05, 3.63) is 29.8 Å². The minimum absolute atomic E-state index is 0.0947. The van der Waals surface area contributed by atoms with Gasteiger partial charge >= 0.3 is 0 Å². The standard InChI is InChI=1S/C16H26N2O2S/c1-4-17-16(14-7-8-14)11-13-5-9-15(10-6-13)21(19,20)18-12(2)3/h5-6,9-10,12,14,16-18H,4,7-8,11H2,1-3H3. The summed E-state index contributed by atoms with van der Waals surface area (Å²) < 4.78 is 26.8. The van der Waals surface area contributed by atoms with Crippen molar-refractivity contribution in [1.29, 1.82) is 0 Å². The van der Waals surface area contributed by atoms with Gasteiger partial charge in [-0.25, -0.2) is 13.1 Å². The van der Waals surface area contributed by atoms with E-state index in [0.29, 0.717) is 10.9 Å². The molecule has 4 nitrogen and oxygen atoms in total. The molecule has 2 rings (SSSR count). The number of likely N-dealkylation sites (N-methyl/N-ethyl adjacent to an activating group) is 1. The summed E-state index contributed by atoms with van der Waals surface area (Å²) in [5, 5.41) is 3.53. The number of nitrogens with one attached hydrogen (secondary N) is 2. The summed E-state index contributed by atoms with van der Waals surface area (Å²) in [6.45, 7) is 6.75. The molecular formula is C16H26N2O2S. The van der Waals surface area contributed by atoms with Crippen LogP contribution in [0.25, 0.3) is 0 Å². The first kappa shape index (κ1) is 16.5. The quantitative estimate of drug-likeness (QED) is 0.774. The van der Waals surface area contributed by atoms with Gasteiger partial charge in [-0.1, -0.05) is 19.1 Å². The summed E-state index contributed by atoms with van der Waals surface area (Å²) in [6, 6.07) is 7.70. The van der Waals surface area contributed by atoms with Crippen LogP contribution in [0.2, 0.25) is 0 Å². The largest absolute Gasteiger partial charge is 0.314 e. The molecule has 0 heterocycles. The highest BCUT2D eigenvalue weighted by Gasteiger charge is 2.30.